The van der Waals surface area contributed by atoms with Gasteiger partial charge in [-0.25, -0.2) is 0 Å². The average Bonchev–Trinajstić information content (AvgIpc) is 2.33. The second-order valence-corrected chi connectivity index (χ2v) is 5.16. The van der Waals surface area contributed by atoms with E-state index >= 15 is 0 Å². The van der Waals surface area contributed by atoms with Crippen LogP contribution in [0.2, 0.25) is 0 Å². The number of rotatable bonds is 3. The van der Waals surface area contributed by atoms with Crippen LogP contribution in [0.4, 0.5) is 0 Å². The van der Waals surface area contributed by atoms with E-state index in [9.17, 15) is 0 Å². The van der Waals surface area contributed by atoms with Gasteiger partial charge in [0.2, 0.25) is 0 Å². The van der Waals surface area contributed by atoms with Crippen molar-refractivity contribution in [1.29, 1.82) is 0 Å². The molecule has 16 heavy (non-hydrogen) atoms. The molecule has 0 aromatic heterocycles. The van der Waals surface area contributed by atoms with Gasteiger partial charge >= 0.3 is 0 Å². The molecule has 0 N–H and O–H groups in total. The van der Waals surface area contributed by atoms with Crippen molar-refractivity contribution >= 4 is 15.9 Å². The molecule has 1 saturated heterocycles. The number of likely N-dealkylation sites (tertiary alicyclic amines) is 1. The second kappa shape index (κ2) is 5.69. The number of methoxy groups -OCH3 is 1. The van der Waals surface area contributed by atoms with Gasteiger partial charge in [-0.15, -0.1) is 0 Å². The van der Waals surface area contributed by atoms with Gasteiger partial charge < -0.3 is 4.74 Å². The topological polar surface area (TPSA) is 12.5 Å². The van der Waals surface area contributed by atoms with Crippen LogP contribution in [-0.4, -0.2) is 25.1 Å². The lowest BCUT2D eigenvalue weighted by Gasteiger charge is -2.26. The van der Waals surface area contributed by atoms with Crippen molar-refractivity contribution in [2.45, 2.75) is 25.8 Å². The number of hydrogen-bond donors (Lipinski definition) is 0. The van der Waals surface area contributed by atoms with Crippen LogP contribution in [-0.2, 0) is 6.54 Å². The number of nitrogens with zero attached hydrogens (tertiary/aromatic N) is 1. The van der Waals surface area contributed by atoms with E-state index in [0.717, 1.165) is 16.8 Å². The van der Waals surface area contributed by atoms with Crippen LogP contribution in [0.15, 0.2) is 22.7 Å². The summed E-state index contributed by atoms with van der Waals surface area (Å²) in [7, 11) is 1.71. The van der Waals surface area contributed by atoms with Crippen molar-refractivity contribution in [3.63, 3.8) is 0 Å². The molecule has 0 unspecified atom stereocenters. The smallest absolute Gasteiger partial charge is 0.133 e. The quantitative estimate of drug-likeness (QED) is 0.843. The van der Waals surface area contributed by atoms with Crippen molar-refractivity contribution in [3.05, 3.63) is 28.2 Å². The van der Waals surface area contributed by atoms with Gasteiger partial charge in [0.05, 0.1) is 11.6 Å². The van der Waals surface area contributed by atoms with Crippen molar-refractivity contribution in [2.75, 3.05) is 20.2 Å². The summed E-state index contributed by atoms with van der Waals surface area (Å²) in [6.45, 7) is 3.51. The predicted octanol–water partition coefficient (Wildman–Crippen LogP) is 3.44. The summed E-state index contributed by atoms with van der Waals surface area (Å²) >= 11 is 3.48. The van der Waals surface area contributed by atoms with Gasteiger partial charge in [-0.1, -0.05) is 12.5 Å². The Labute approximate surface area is 106 Å². The largest absolute Gasteiger partial charge is 0.496 e. The zero-order valence-corrected chi connectivity index (χ0v) is 11.3. The minimum absolute atomic E-state index is 0.925. The molecule has 1 fully saturated rings. The van der Waals surface area contributed by atoms with E-state index in [4.69, 9.17) is 4.74 Å². The van der Waals surface area contributed by atoms with E-state index in [2.05, 4.69) is 39.0 Å². The van der Waals surface area contributed by atoms with Gasteiger partial charge in [0.15, 0.2) is 0 Å². The third-order valence-electron chi connectivity index (χ3n) is 3.07. The molecule has 0 amide bonds. The Balaban J connectivity index is 2.03. The van der Waals surface area contributed by atoms with Gasteiger partial charge in [0.25, 0.3) is 0 Å². The number of piperidine rings is 1. The molecule has 2 rings (SSSR count). The molecule has 1 heterocycles. The normalized spacial score (nSPS) is 17.4. The Hall–Kier alpha value is -0.540. The van der Waals surface area contributed by atoms with Gasteiger partial charge in [-0.3, -0.25) is 4.90 Å². The molecule has 0 saturated carbocycles. The van der Waals surface area contributed by atoms with Crippen LogP contribution in [0, 0.1) is 0 Å². The highest BCUT2D eigenvalue weighted by Crippen LogP contribution is 2.26. The molecule has 0 spiro atoms. The van der Waals surface area contributed by atoms with Gasteiger partial charge in [-0.2, -0.15) is 0 Å². The standard InChI is InChI=1S/C13H18BrNO/c1-16-13-9-11(5-6-12(13)14)10-15-7-3-2-4-8-15/h5-6,9H,2-4,7-8,10H2,1H3. The van der Waals surface area contributed by atoms with Crippen LogP contribution in [0.25, 0.3) is 0 Å². The van der Waals surface area contributed by atoms with Gasteiger partial charge in [0.1, 0.15) is 5.75 Å². The highest BCUT2D eigenvalue weighted by atomic mass is 79.9. The fraction of sp³-hybridized carbons (Fsp3) is 0.538. The minimum Gasteiger partial charge on any atom is -0.496 e. The first kappa shape index (κ1) is 11.9. The molecule has 0 bridgehead atoms. The summed E-state index contributed by atoms with van der Waals surface area (Å²) in [4.78, 5) is 2.52. The lowest BCUT2D eigenvalue weighted by Crippen LogP contribution is -2.29. The summed E-state index contributed by atoms with van der Waals surface area (Å²) < 4.78 is 6.33. The monoisotopic (exact) mass is 283 g/mol. The van der Waals surface area contributed by atoms with Gasteiger partial charge in [-0.05, 0) is 59.6 Å². The second-order valence-electron chi connectivity index (χ2n) is 4.31. The van der Waals surface area contributed by atoms with E-state index in [1.165, 1.54) is 37.9 Å². The Kier molecular flexibility index (Phi) is 4.24. The number of hydrogen-bond acceptors (Lipinski definition) is 2. The lowest BCUT2D eigenvalue weighted by atomic mass is 10.1. The summed E-state index contributed by atoms with van der Waals surface area (Å²) in [6, 6.07) is 6.36. The van der Waals surface area contributed by atoms with Crippen molar-refractivity contribution < 1.29 is 4.74 Å². The summed E-state index contributed by atoms with van der Waals surface area (Å²) in [5.74, 6) is 0.925. The van der Waals surface area contributed by atoms with Crippen molar-refractivity contribution in [2.24, 2.45) is 0 Å². The molecule has 88 valence electrons. The molecule has 1 aliphatic rings. The van der Waals surface area contributed by atoms with Crippen LogP contribution >= 0.6 is 15.9 Å². The maximum atomic E-state index is 5.31. The van der Waals surface area contributed by atoms with Crippen LogP contribution < -0.4 is 4.74 Å². The lowest BCUT2D eigenvalue weighted by molar-refractivity contribution is 0.220. The first-order chi connectivity index (χ1) is 7.79. The fourth-order valence-electron chi connectivity index (χ4n) is 2.18. The zero-order chi connectivity index (χ0) is 11.4. The van der Waals surface area contributed by atoms with Crippen LogP contribution in [0.5, 0.6) is 5.75 Å². The molecule has 3 heteroatoms. The maximum Gasteiger partial charge on any atom is 0.133 e. The zero-order valence-electron chi connectivity index (χ0n) is 9.71. The minimum atomic E-state index is 0.925. The molecular weight excluding hydrogens is 266 g/mol. The Morgan fingerprint density at radius 2 is 2.00 bits per heavy atom. The van der Waals surface area contributed by atoms with Gasteiger partial charge in [0, 0.05) is 6.54 Å². The molecular formula is C13H18BrNO. The SMILES string of the molecule is COc1cc(CN2CCCCC2)ccc1Br. The first-order valence-corrected chi connectivity index (χ1v) is 6.63. The molecule has 0 atom stereocenters. The molecule has 1 aromatic carbocycles. The number of benzene rings is 1. The fourth-order valence-corrected chi connectivity index (χ4v) is 2.59. The number of ether oxygens (including phenoxy) is 1. The highest BCUT2D eigenvalue weighted by molar-refractivity contribution is 9.10. The molecule has 2 nitrogen and oxygen atoms in total. The highest BCUT2D eigenvalue weighted by Gasteiger charge is 2.11. The Bertz CT molecular complexity index is 348. The van der Waals surface area contributed by atoms with E-state index in [0.29, 0.717) is 0 Å². The summed E-state index contributed by atoms with van der Waals surface area (Å²) in [5, 5.41) is 0. The first-order valence-electron chi connectivity index (χ1n) is 5.84. The maximum absolute atomic E-state index is 5.31. The van der Waals surface area contributed by atoms with E-state index in [1.54, 1.807) is 7.11 Å². The van der Waals surface area contributed by atoms with Crippen molar-refractivity contribution in [1.82, 2.24) is 4.90 Å². The third kappa shape index (κ3) is 2.98. The predicted molar refractivity (Wildman–Crippen MR) is 69.8 cm³/mol. The van der Waals surface area contributed by atoms with Crippen LogP contribution in [0.3, 0.4) is 0 Å². The molecule has 1 aliphatic heterocycles. The Morgan fingerprint density at radius 1 is 1.25 bits per heavy atom. The van der Waals surface area contributed by atoms with E-state index < -0.39 is 0 Å². The molecule has 0 aliphatic carbocycles. The van der Waals surface area contributed by atoms with Crippen LogP contribution in [0.1, 0.15) is 24.8 Å². The number of halogens is 1. The molecule has 1 aromatic rings. The molecule has 0 radical (unpaired) electrons. The van der Waals surface area contributed by atoms with E-state index in [1.807, 2.05) is 0 Å². The van der Waals surface area contributed by atoms with Crippen molar-refractivity contribution in [3.8, 4) is 5.75 Å². The third-order valence-corrected chi connectivity index (χ3v) is 3.73. The Morgan fingerprint density at radius 3 is 2.69 bits per heavy atom. The van der Waals surface area contributed by atoms with E-state index in [-0.39, 0.29) is 0 Å². The summed E-state index contributed by atoms with van der Waals surface area (Å²) in [6.07, 6.45) is 4.07. The summed E-state index contributed by atoms with van der Waals surface area (Å²) in [5.41, 5.74) is 1.34. The average molecular weight is 284 g/mol.